The van der Waals surface area contributed by atoms with Crippen molar-refractivity contribution in [1.82, 2.24) is 0 Å². The van der Waals surface area contributed by atoms with Crippen LogP contribution < -0.4 is 0 Å². The number of carbonyl (C=O) groups excluding carboxylic acids is 2. The van der Waals surface area contributed by atoms with Gasteiger partial charge in [-0.25, -0.2) is 0 Å². The Kier molecular flexibility index (Phi) is 4.47. The molecule has 0 spiro atoms. The van der Waals surface area contributed by atoms with Crippen molar-refractivity contribution in [2.45, 2.75) is 65.4 Å². The minimum Gasteiger partial charge on any atom is -0.481 e. The predicted molar refractivity (Wildman–Crippen MR) is 87.1 cm³/mol. The molecule has 24 heavy (non-hydrogen) atoms. The molecule has 3 saturated carbocycles. The molecule has 0 aromatic rings. The number of hydrogen-bond donors (Lipinski definition) is 1. The molecule has 134 valence electrons. The molecule has 7 atom stereocenters. The number of esters is 1. The average Bonchev–Trinajstić information content (AvgIpc) is 2.82. The van der Waals surface area contributed by atoms with Gasteiger partial charge in [-0.15, -0.1) is 0 Å². The fraction of sp³-hybridized carbons (Fsp3) is 0.842. The highest BCUT2D eigenvalue weighted by atomic mass is 16.5. The van der Waals surface area contributed by atoms with E-state index in [2.05, 4.69) is 6.92 Å². The van der Waals surface area contributed by atoms with Gasteiger partial charge >= 0.3 is 11.9 Å². The van der Waals surface area contributed by atoms with E-state index in [0.717, 1.165) is 32.1 Å². The molecule has 7 unspecified atom stereocenters. The van der Waals surface area contributed by atoms with Gasteiger partial charge in [-0.05, 0) is 63.2 Å². The molecule has 0 heterocycles. The first-order valence-corrected chi connectivity index (χ1v) is 9.16. The molecule has 3 rings (SSSR count). The molecule has 0 radical (unpaired) electrons. The minimum atomic E-state index is -0.817. The summed E-state index contributed by atoms with van der Waals surface area (Å²) in [6.07, 6.45) is 5.12. The van der Waals surface area contributed by atoms with Gasteiger partial charge in [0, 0.05) is 18.3 Å². The molecule has 0 aromatic heterocycles. The van der Waals surface area contributed by atoms with E-state index in [0.29, 0.717) is 18.3 Å². The van der Waals surface area contributed by atoms with E-state index in [1.54, 1.807) is 0 Å². The fourth-order valence-corrected chi connectivity index (χ4v) is 6.19. The van der Waals surface area contributed by atoms with Crippen LogP contribution in [0.15, 0.2) is 0 Å². The van der Waals surface area contributed by atoms with E-state index in [1.807, 2.05) is 0 Å². The highest BCUT2D eigenvalue weighted by Crippen LogP contribution is 2.61. The summed E-state index contributed by atoms with van der Waals surface area (Å²) in [7, 11) is 0. The van der Waals surface area contributed by atoms with Crippen LogP contribution in [-0.4, -0.2) is 28.9 Å². The summed E-state index contributed by atoms with van der Waals surface area (Å²) >= 11 is 0. The summed E-state index contributed by atoms with van der Waals surface area (Å²) in [5.41, 5.74) is -0.0427. The molecule has 3 aliphatic carbocycles. The van der Waals surface area contributed by atoms with Crippen molar-refractivity contribution in [1.29, 1.82) is 0 Å². The SMILES string of the molecule is CC(=O)OC1CCC2C3CCC(C(C)=O)C(C(=O)O)C3CCC12C. The van der Waals surface area contributed by atoms with Gasteiger partial charge in [-0.3, -0.25) is 14.4 Å². The molecule has 3 aliphatic rings. The smallest absolute Gasteiger partial charge is 0.307 e. The molecule has 5 nitrogen and oxygen atoms in total. The molecule has 0 saturated heterocycles. The van der Waals surface area contributed by atoms with Crippen molar-refractivity contribution in [3.63, 3.8) is 0 Å². The summed E-state index contributed by atoms with van der Waals surface area (Å²) in [4.78, 5) is 35.2. The number of carboxylic acids is 1. The van der Waals surface area contributed by atoms with Gasteiger partial charge in [-0.2, -0.15) is 0 Å². The van der Waals surface area contributed by atoms with E-state index in [9.17, 15) is 19.5 Å². The number of ether oxygens (including phenoxy) is 1. The van der Waals surface area contributed by atoms with Crippen LogP contribution in [0.3, 0.4) is 0 Å². The zero-order valence-electron chi connectivity index (χ0n) is 14.8. The standard InChI is InChI=1S/C19H28O5/c1-10(20)12-4-5-13-14(17(12)18(22)23)8-9-19(3)15(13)6-7-16(19)24-11(2)21/h12-17H,4-9H2,1-3H3,(H,22,23). The summed E-state index contributed by atoms with van der Waals surface area (Å²) in [5, 5.41) is 9.75. The lowest BCUT2D eigenvalue weighted by molar-refractivity contribution is -0.163. The summed E-state index contributed by atoms with van der Waals surface area (Å²) in [5.74, 6) is -1.10. The Morgan fingerprint density at radius 1 is 1.00 bits per heavy atom. The molecule has 0 bridgehead atoms. The van der Waals surface area contributed by atoms with Crippen LogP contribution in [-0.2, 0) is 19.1 Å². The largest absolute Gasteiger partial charge is 0.481 e. The molecule has 5 heteroatoms. The molecule has 1 N–H and O–H groups in total. The normalized spacial score (nSPS) is 44.3. The van der Waals surface area contributed by atoms with E-state index >= 15 is 0 Å². The quantitative estimate of drug-likeness (QED) is 0.801. The maximum Gasteiger partial charge on any atom is 0.307 e. The maximum atomic E-state index is 11.9. The third kappa shape index (κ3) is 2.66. The lowest BCUT2D eigenvalue weighted by atomic mass is 9.52. The van der Waals surface area contributed by atoms with Gasteiger partial charge in [0.1, 0.15) is 11.9 Å². The minimum absolute atomic E-state index is 0.0124. The number of aliphatic carboxylic acids is 1. The van der Waals surface area contributed by atoms with Crippen molar-refractivity contribution in [2.24, 2.45) is 35.0 Å². The van der Waals surface area contributed by atoms with Crippen LogP contribution >= 0.6 is 0 Å². The zero-order valence-corrected chi connectivity index (χ0v) is 14.8. The number of carboxylic acid groups (broad SMARTS) is 1. The number of Topliss-reactive ketones (excluding diaryl/α,β-unsaturated/α-hetero) is 1. The Morgan fingerprint density at radius 2 is 1.71 bits per heavy atom. The first-order valence-electron chi connectivity index (χ1n) is 9.16. The average molecular weight is 336 g/mol. The Morgan fingerprint density at radius 3 is 2.29 bits per heavy atom. The van der Waals surface area contributed by atoms with Gasteiger partial charge in [-0.1, -0.05) is 6.92 Å². The summed E-state index contributed by atoms with van der Waals surface area (Å²) < 4.78 is 5.59. The van der Waals surface area contributed by atoms with Crippen molar-refractivity contribution in [3.05, 3.63) is 0 Å². The van der Waals surface area contributed by atoms with Crippen molar-refractivity contribution in [2.75, 3.05) is 0 Å². The van der Waals surface area contributed by atoms with Crippen LogP contribution in [0.1, 0.15) is 59.3 Å². The highest BCUT2D eigenvalue weighted by Gasteiger charge is 2.59. The third-order valence-electron chi connectivity index (χ3n) is 7.23. The van der Waals surface area contributed by atoms with Gasteiger partial charge in [0.2, 0.25) is 0 Å². The van der Waals surface area contributed by atoms with E-state index in [1.165, 1.54) is 13.8 Å². The van der Waals surface area contributed by atoms with Gasteiger partial charge in [0.05, 0.1) is 5.92 Å². The van der Waals surface area contributed by atoms with Crippen molar-refractivity contribution >= 4 is 17.7 Å². The molecule has 3 fully saturated rings. The lowest BCUT2D eigenvalue weighted by Gasteiger charge is -2.52. The second-order valence-electron chi connectivity index (χ2n) is 8.31. The van der Waals surface area contributed by atoms with E-state index < -0.39 is 11.9 Å². The Labute approximate surface area is 143 Å². The lowest BCUT2D eigenvalue weighted by Crippen LogP contribution is -2.51. The molecule has 0 aliphatic heterocycles. The van der Waals surface area contributed by atoms with Crippen LogP contribution in [0.2, 0.25) is 0 Å². The topological polar surface area (TPSA) is 80.7 Å². The first-order chi connectivity index (χ1) is 11.3. The zero-order chi connectivity index (χ0) is 17.6. The maximum absolute atomic E-state index is 11.9. The van der Waals surface area contributed by atoms with Gasteiger partial charge in [0.15, 0.2) is 0 Å². The molecule has 0 amide bonds. The van der Waals surface area contributed by atoms with E-state index in [-0.39, 0.29) is 35.1 Å². The monoisotopic (exact) mass is 336 g/mol. The van der Waals surface area contributed by atoms with Crippen LogP contribution in [0.4, 0.5) is 0 Å². The summed E-state index contributed by atoms with van der Waals surface area (Å²) in [6.45, 7) is 5.20. The molecule has 0 aromatic carbocycles. The van der Waals surface area contributed by atoms with Gasteiger partial charge in [0.25, 0.3) is 0 Å². The number of hydrogen-bond acceptors (Lipinski definition) is 4. The second-order valence-corrected chi connectivity index (χ2v) is 8.31. The third-order valence-corrected chi connectivity index (χ3v) is 7.23. The number of fused-ring (bicyclic) bond motifs is 3. The Hall–Kier alpha value is -1.39. The van der Waals surface area contributed by atoms with Crippen LogP contribution in [0.25, 0.3) is 0 Å². The fourth-order valence-electron chi connectivity index (χ4n) is 6.19. The first kappa shape index (κ1) is 17.4. The predicted octanol–water partition coefficient (Wildman–Crippen LogP) is 3.06. The van der Waals surface area contributed by atoms with E-state index in [4.69, 9.17) is 4.74 Å². The van der Waals surface area contributed by atoms with Crippen molar-refractivity contribution in [3.8, 4) is 0 Å². The summed E-state index contributed by atoms with van der Waals surface area (Å²) in [6, 6.07) is 0. The van der Waals surface area contributed by atoms with Crippen molar-refractivity contribution < 1.29 is 24.2 Å². The van der Waals surface area contributed by atoms with Crippen LogP contribution in [0, 0.1) is 35.0 Å². The molecular formula is C19H28O5. The second kappa shape index (κ2) is 6.16. The number of rotatable bonds is 3. The van der Waals surface area contributed by atoms with Crippen LogP contribution in [0.5, 0.6) is 0 Å². The Bertz CT molecular complexity index is 556. The molecular weight excluding hydrogens is 308 g/mol. The number of carbonyl (C=O) groups is 3. The Balaban J connectivity index is 1.85. The number of ketones is 1. The van der Waals surface area contributed by atoms with Gasteiger partial charge < -0.3 is 9.84 Å². The highest BCUT2D eigenvalue weighted by molar-refractivity contribution is 5.85.